The third-order valence-corrected chi connectivity index (χ3v) is 7.66. The summed E-state index contributed by atoms with van der Waals surface area (Å²) in [6.45, 7) is 2.59. The molecule has 1 amide bonds. The van der Waals surface area contributed by atoms with Crippen LogP contribution in [0.1, 0.15) is 41.0 Å². The number of hydrogen-bond donors (Lipinski definition) is 1. The van der Waals surface area contributed by atoms with Gasteiger partial charge in [0.2, 0.25) is 5.91 Å². The van der Waals surface area contributed by atoms with Gasteiger partial charge in [-0.2, -0.15) is 0 Å². The van der Waals surface area contributed by atoms with Crippen LogP contribution in [-0.2, 0) is 11.2 Å². The van der Waals surface area contributed by atoms with Crippen molar-refractivity contribution in [2.75, 3.05) is 33.4 Å². The molecule has 0 saturated carbocycles. The van der Waals surface area contributed by atoms with Gasteiger partial charge in [0.05, 0.1) is 20.1 Å². The van der Waals surface area contributed by atoms with E-state index in [-0.39, 0.29) is 30.5 Å². The summed E-state index contributed by atoms with van der Waals surface area (Å²) in [6.07, 6.45) is 2.46. The molecule has 0 radical (unpaired) electrons. The molecule has 0 unspecified atom stereocenters. The minimum absolute atomic E-state index is 0.0883. The van der Waals surface area contributed by atoms with Crippen LogP contribution in [0.15, 0.2) is 78.9 Å². The summed E-state index contributed by atoms with van der Waals surface area (Å²) in [4.78, 5) is 17.7. The lowest BCUT2D eigenvalue weighted by Crippen LogP contribution is -2.68. The number of rotatable bonds is 5. The molecule has 0 aromatic heterocycles. The Morgan fingerprint density at radius 2 is 1.57 bits per heavy atom. The fourth-order valence-corrected chi connectivity index (χ4v) is 5.66. The Kier molecular flexibility index (Phi) is 7.89. The van der Waals surface area contributed by atoms with E-state index in [1.165, 1.54) is 5.56 Å². The average Bonchev–Trinajstić information content (AvgIpc) is 2.92. The summed E-state index contributed by atoms with van der Waals surface area (Å²) >= 11 is 0. The molecular weight excluding hydrogens is 460 g/mol. The number of fused-ring (bicyclic) bond motifs is 1. The van der Waals surface area contributed by atoms with Gasteiger partial charge in [0.1, 0.15) is 5.75 Å². The normalized spacial score (nSPS) is 21.5. The van der Waals surface area contributed by atoms with Crippen molar-refractivity contribution in [1.82, 2.24) is 9.80 Å². The molecule has 1 N–H and O–H groups in total. The number of methoxy groups -OCH3 is 1. The summed E-state index contributed by atoms with van der Waals surface area (Å²) in [5.41, 5.74) is 4.14. The van der Waals surface area contributed by atoms with E-state index in [0.29, 0.717) is 13.0 Å². The van der Waals surface area contributed by atoms with Gasteiger partial charge in [0, 0.05) is 42.2 Å². The van der Waals surface area contributed by atoms with Crippen molar-refractivity contribution in [2.24, 2.45) is 0 Å². The molecule has 2 fully saturated rings. The number of benzene rings is 3. The molecule has 3 aromatic carbocycles. The van der Waals surface area contributed by atoms with Crippen molar-refractivity contribution < 1.29 is 14.6 Å². The van der Waals surface area contributed by atoms with E-state index in [4.69, 9.17) is 4.74 Å². The van der Waals surface area contributed by atoms with Crippen molar-refractivity contribution in [3.63, 3.8) is 0 Å². The number of aliphatic hydroxyl groups excluding tert-OH is 1. The minimum Gasteiger partial charge on any atom is -0.497 e. The second-order valence-electron chi connectivity index (χ2n) is 9.89. The van der Waals surface area contributed by atoms with Crippen LogP contribution in [0.25, 0.3) is 0 Å². The first-order valence-electron chi connectivity index (χ1n) is 13.1. The van der Waals surface area contributed by atoms with Crippen LogP contribution in [-0.4, -0.2) is 66.2 Å². The zero-order chi connectivity index (χ0) is 25.6. The summed E-state index contributed by atoms with van der Waals surface area (Å²) in [6, 6.07) is 26.4. The lowest BCUT2D eigenvalue weighted by Gasteiger charge is -2.57. The topological polar surface area (TPSA) is 53.0 Å². The van der Waals surface area contributed by atoms with Gasteiger partial charge < -0.3 is 14.7 Å². The molecule has 190 valence electrons. The number of ether oxygens (including phenoxy) is 1. The maximum absolute atomic E-state index is 13.2. The summed E-state index contributed by atoms with van der Waals surface area (Å²) in [5.74, 6) is 7.65. The smallest absolute Gasteiger partial charge is 0.227 e. The highest BCUT2D eigenvalue weighted by atomic mass is 16.5. The SMILES string of the molecule is COc1ccc(C#Cc2ccc([C@@H]3[C@@H](CO)N4CCCCN(C(=O)Cc5ccccc5)C[C@@H]34)cc2)cc1. The molecular formula is C32H34N2O3. The Bertz CT molecular complexity index is 1250. The van der Waals surface area contributed by atoms with Crippen LogP contribution in [0.2, 0.25) is 0 Å². The number of aliphatic hydroxyl groups is 1. The van der Waals surface area contributed by atoms with E-state index in [2.05, 4.69) is 41.0 Å². The molecule has 2 heterocycles. The Labute approximate surface area is 219 Å². The van der Waals surface area contributed by atoms with E-state index in [0.717, 1.165) is 48.4 Å². The fraction of sp³-hybridized carbons (Fsp3) is 0.344. The molecule has 0 bridgehead atoms. The Hall–Kier alpha value is -3.59. The molecule has 3 aromatic rings. The molecule has 5 nitrogen and oxygen atoms in total. The molecule has 2 saturated heterocycles. The van der Waals surface area contributed by atoms with Crippen molar-refractivity contribution >= 4 is 5.91 Å². The van der Waals surface area contributed by atoms with E-state index in [9.17, 15) is 9.90 Å². The van der Waals surface area contributed by atoms with Gasteiger partial charge in [0.15, 0.2) is 0 Å². The fourth-order valence-electron chi connectivity index (χ4n) is 5.66. The zero-order valence-corrected chi connectivity index (χ0v) is 21.3. The van der Waals surface area contributed by atoms with Crippen LogP contribution in [0.5, 0.6) is 5.75 Å². The number of amides is 1. The summed E-state index contributed by atoms with van der Waals surface area (Å²) in [5, 5.41) is 10.2. The number of hydrogen-bond acceptors (Lipinski definition) is 4. The van der Waals surface area contributed by atoms with Gasteiger partial charge in [-0.1, -0.05) is 54.3 Å². The van der Waals surface area contributed by atoms with Crippen LogP contribution < -0.4 is 4.74 Å². The largest absolute Gasteiger partial charge is 0.497 e. The van der Waals surface area contributed by atoms with Crippen molar-refractivity contribution in [3.05, 3.63) is 101 Å². The van der Waals surface area contributed by atoms with Crippen LogP contribution in [0.3, 0.4) is 0 Å². The molecule has 5 heteroatoms. The Morgan fingerprint density at radius 1 is 0.919 bits per heavy atom. The highest BCUT2D eigenvalue weighted by Gasteiger charge is 2.49. The third-order valence-electron chi connectivity index (χ3n) is 7.66. The maximum atomic E-state index is 13.2. The van der Waals surface area contributed by atoms with Crippen molar-refractivity contribution in [3.8, 4) is 17.6 Å². The lowest BCUT2D eigenvalue weighted by atomic mass is 9.74. The molecule has 0 spiro atoms. The van der Waals surface area contributed by atoms with E-state index < -0.39 is 0 Å². The van der Waals surface area contributed by atoms with E-state index in [1.807, 2.05) is 59.5 Å². The molecule has 2 aliphatic rings. The molecule has 5 rings (SSSR count). The second kappa shape index (κ2) is 11.6. The Balaban J connectivity index is 1.30. The first kappa shape index (κ1) is 25.1. The number of carbonyl (C=O) groups is 1. The molecule has 3 atom stereocenters. The van der Waals surface area contributed by atoms with E-state index >= 15 is 0 Å². The lowest BCUT2D eigenvalue weighted by molar-refractivity contribution is -0.135. The zero-order valence-electron chi connectivity index (χ0n) is 21.3. The molecule has 2 aliphatic heterocycles. The highest BCUT2D eigenvalue weighted by molar-refractivity contribution is 5.78. The van der Waals surface area contributed by atoms with Crippen molar-refractivity contribution in [2.45, 2.75) is 37.3 Å². The Morgan fingerprint density at radius 3 is 2.22 bits per heavy atom. The molecule has 0 aliphatic carbocycles. The average molecular weight is 495 g/mol. The van der Waals surface area contributed by atoms with Gasteiger partial charge in [-0.25, -0.2) is 0 Å². The van der Waals surface area contributed by atoms with Crippen LogP contribution >= 0.6 is 0 Å². The van der Waals surface area contributed by atoms with Crippen molar-refractivity contribution in [1.29, 1.82) is 0 Å². The van der Waals surface area contributed by atoms with Crippen LogP contribution in [0.4, 0.5) is 0 Å². The van der Waals surface area contributed by atoms with E-state index in [1.54, 1.807) is 7.11 Å². The first-order chi connectivity index (χ1) is 18.2. The molecule has 37 heavy (non-hydrogen) atoms. The highest BCUT2D eigenvalue weighted by Crippen LogP contribution is 2.42. The van der Waals surface area contributed by atoms with Gasteiger partial charge >= 0.3 is 0 Å². The summed E-state index contributed by atoms with van der Waals surface area (Å²) in [7, 11) is 1.65. The van der Waals surface area contributed by atoms with Gasteiger partial charge in [0.25, 0.3) is 0 Å². The second-order valence-corrected chi connectivity index (χ2v) is 9.89. The van der Waals surface area contributed by atoms with Crippen LogP contribution in [0, 0.1) is 11.8 Å². The maximum Gasteiger partial charge on any atom is 0.227 e. The van der Waals surface area contributed by atoms with Gasteiger partial charge in [-0.15, -0.1) is 0 Å². The monoisotopic (exact) mass is 494 g/mol. The minimum atomic E-state index is 0.0883. The quantitative estimate of drug-likeness (QED) is 0.543. The van der Waals surface area contributed by atoms with Gasteiger partial charge in [-0.3, -0.25) is 9.69 Å². The summed E-state index contributed by atoms with van der Waals surface area (Å²) < 4.78 is 5.21. The predicted octanol–water partition coefficient (Wildman–Crippen LogP) is 4.09. The third kappa shape index (κ3) is 5.72. The van der Waals surface area contributed by atoms with Gasteiger partial charge in [-0.05, 0) is 66.9 Å². The predicted molar refractivity (Wildman–Crippen MR) is 145 cm³/mol. The number of carbonyl (C=O) groups excluding carboxylic acids is 1. The standard InChI is InChI=1S/C32H34N2O3/c1-37-28-17-13-25(14-18-28)10-9-24-11-15-27(16-12-24)32-29-22-33(19-5-6-20-34(29)30(32)23-35)31(36)21-26-7-3-2-4-8-26/h2-4,7-8,11-18,29-30,32,35H,5-6,19-23H2,1H3/t29-,30+,32-/m0/s1. The number of nitrogens with zero attached hydrogens (tertiary/aromatic N) is 2. The first-order valence-corrected chi connectivity index (χ1v) is 13.1.